The summed E-state index contributed by atoms with van der Waals surface area (Å²) < 4.78 is 4.35. The Labute approximate surface area is 52.4 Å². The molecule has 0 bridgehead atoms. The molecule has 2 N–H and O–H groups in total. The number of aliphatic hydroxyl groups excluding tert-OH is 1. The van der Waals surface area contributed by atoms with Crippen molar-refractivity contribution in [3.05, 3.63) is 12.3 Å². The highest BCUT2D eigenvalue weighted by molar-refractivity contribution is 5.79. The number of aliphatic hydroxyl groups is 1. The number of hydrogen-bond acceptors (Lipinski definition) is 3. The molecule has 1 atom stereocenters. The number of rotatable bonds is 3. The van der Waals surface area contributed by atoms with Crippen LogP contribution in [0.5, 0.6) is 0 Å². The Hall–Kier alpha value is -1.03. The maximum atomic E-state index is 9.73. The maximum absolute atomic E-state index is 9.73. The Morgan fingerprint density at radius 2 is 2.33 bits per heavy atom. The lowest BCUT2D eigenvalue weighted by molar-refractivity contribution is -0.131. The van der Waals surface area contributed by atoms with Crippen LogP contribution >= 0.6 is 0 Å². The molecule has 0 aromatic heterocycles. The minimum absolute atomic E-state index is 0.798. The maximum Gasteiger partial charge on any atom is 0.331 e. The van der Waals surface area contributed by atoms with Gasteiger partial charge in [0.25, 0.3) is 0 Å². The molecule has 52 valence electrons. The summed E-state index contributed by atoms with van der Waals surface area (Å²) in [6, 6.07) is 0. The zero-order chi connectivity index (χ0) is 7.28. The van der Waals surface area contributed by atoms with Gasteiger partial charge in [-0.25, -0.2) is 4.79 Å². The second-order valence-corrected chi connectivity index (χ2v) is 1.38. The fourth-order valence-corrected chi connectivity index (χ4v) is 0.211. The van der Waals surface area contributed by atoms with Gasteiger partial charge in [0.2, 0.25) is 0 Å². The average Bonchev–Trinajstić information content (AvgIpc) is 1.63. The summed E-state index contributed by atoms with van der Waals surface area (Å²) in [6.45, 7) is 1.38. The van der Waals surface area contributed by atoms with Crippen molar-refractivity contribution < 1.29 is 19.7 Å². The third-order valence-electron chi connectivity index (χ3n) is 0.486. The van der Waals surface area contributed by atoms with E-state index in [1.165, 1.54) is 6.92 Å². The van der Waals surface area contributed by atoms with Crippen LogP contribution in [0.15, 0.2) is 12.3 Å². The topological polar surface area (TPSA) is 66.8 Å². The van der Waals surface area contributed by atoms with Crippen molar-refractivity contribution in [1.29, 1.82) is 0 Å². The van der Waals surface area contributed by atoms with Crippen LogP contribution in [0.1, 0.15) is 6.92 Å². The molecular weight excluding hydrogens is 124 g/mol. The summed E-state index contributed by atoms with van der Waals surface area (Å²) in [7, 11) is 0. The van der Waals surface area contributed by atoms with Crippen molar-refractivity contribution in [1.82, 2.24) is 0 Å². The molecule has 4 heteroatoms. The highest BCUT2D eigenvalue weighted by Gasteiger charge is 1.88. The van der Waals surface area contributed by atoms with Gasteiger partial charge in [-0.2, -0.15) is 0 Å². The normalized spacial score (nSPS) is 13.6. The molecule has 0 aromatic rings. The third-order valence-corrected chi connectivity index (χ3v) is 0.486. The predicted octanol–water partition coefficient (Wildman–Crippen LogP) is -0.0604. The van der Waals surface area contributed by atoms with E-state index in [0.29, 0.717) is 0 Å². The first-order valence-electron chi connectivity index (χ1n) is 2.36. The molecule has 0 rings (SSSR count). The van der Waals surface area contributed by atoms with E-state index in [1.807, 2.05) is 0 Å². The Morgan fingerprint density at radius 3 is 2.67 bits per heavy atom. The van der Waals surface area contributed by atoms with Crippen molar-refractivity contribution in [3.8, 4) is 0 Å². The Morgan fingerprint density at radius 1 is 1.78 bits per heavy atom. The molecule has 0 fully saturated rings. The first kappa shape index (κ1) is 7.97. The van der Waals surface area contributed by atoms with E-state index in [-0.39, 0.29) is 0 Å². The second kappa shape index (κ2) is 3.91. The van der Waals surface area contributed by atoms with Crippen LogP contribution in [-0.2, 0) is 9.53 Å². The number of carboxylic acids is 1. The van der Waals surface area contributed by atoms with Crippen LogP contribution in [0.2, 0.25) is 0 Å². The molecule has 0 heterocycles. The van der Waals surface area contributed by atoms with E-state index >= 15 is 0 Å². The molecule has 1 unspecified atom stereocenters. The summed E-state index contributed by atoms with van der Waals surface area (Å²) in [6.07, 6.45) is 0.764. The largest absolute Gasteiger partial charge is 0.478 e. The van der Waals surface area contributed by atoms with E-state index in [0.717, 1.165) is 12.3 Å². The lowest BCUT2D eigenvalue weighted by Gasteiger charge is -1.99. The summed E-state index contributed by atoms with van der Waals surface area (Å²) in [5, 5.41) is 16.4. The van der Waals surface area contributed by atoms with Crippen molar-refractivity contribution >= 4 is 5.97 Å². The molecule has 0 spiro atoms. The van der Waals surface area contributed by atoms with E-state index in [2.05, 4.69) is 4.74 Å². The van der Waals surface area contributed by atoms with Crippen LogP contribution in [0.3, 0.4) is 0 Å². The van der Waals surface area contributed by atoms with Crippen LogP contribution in [0, 0.1) is 0 Å². The van der Waals surface area contributed by atoms with Gasteiger partial charge in [0.1, 0.15) is 0 Å². The van der Waals surface area contributed by atoms with E-state index in [4.69, 9.17) is 10.2 Å². The molecule has 0 saturated carbocycles. The number of hydrogen-bond donors (Lipinski definition) is 2. The summed E-state index contributed by atoms with van der Waals surface area (Å²) >= 11 is 0. The summed E-state index contributed by atoms with van der Waals surface area (Å²) in [4.78, 5) is 9.73. The molecule has 0 aliphatic rings. The lowest BCUT2D eigenvalue weighted by Crippen LogP contribution is -2.00. The van der Waals surface area contributed by atoms with E-state index < -0.39 is 12.3 Å². The Kier molecular flexibility index (Phi) is 3.46. The smallest absolute Gasteiger partial charge is 0.331 e. The minimum Gasteiger partial charge on any atom is -0.478 e. The molecule has 4 nitrogen and oxygen atoms in total. The highest BCUT2D eigenvalue weighted by atomic mass is 16.6. The van der Waals surface area contributed by atoms with Gasteiger partial charge in [0.15, 0.2) is 6.29 Å². The lowest BCUT2D eigenvalue weighted by atomic mass is 10.6. The molecule has 0 aromatic carbocycles. The number of carbonyl (C=O) groups is 1. The van der Waals surface area contributed by atoms with Gasteiger partial charge in [0.05, 0.1) is 12.3 Å². The van der Waals surface area contributed by atoms with E-state index in [1.54, 1.807) is 0 Å². The third kappa shape index (κ3) is 6.97. The minimum atomic E-state index is -1.10. The number of ether oxygens (including phenoxy) is 1. The van der Waals surface area contributed by atoms with Crippen LogP contribution in [0.4, 0.5) is 0 Å². The molecule has 0 aliphatic heterocycles. The van der Waals surface area contributed by atoms with Gasteiger partial charge in [-0.3, -0.25) is 0 Å². The highest BCUT2D eigenvalue weighted by Crippen LogP contribution is 1.83. The average molecular weight is 132 g/mol. The van der Waals surface area contributed by atoms with Gasteiger partial charge in [-0.05, 0) is 6.92 Å². The Balaban J connectivity index is 3.36. The van der Waals surface area contributed by atoms with E-state index in [9.17, 15) is 4.79 Å². The SMILES string of the molecule is CC(O)OC=CC(=O)O. The second-order valence-electron chi connectivity index (χ2n) is 1.38. The molecule has 9 heavy (non-hydrogen) atoms. The molecule has 0 amide bonds. The first-order valence-corrected chi connectivity index (χ1v) is 2.36. The Bertz CT molecular complexity index is 116. The monoisotopic (exact) mass is 132 g/mol. The van der Waals surface area contributed by atoms with Crippen molar-refractivity contribution in [3.63, 3.8) is 0 Å². The summed E-state index contributed by atoms with van der Waals surface area (Å²) in [5.74, 6) is -1.10. The molecule has 0 saturated heterocycles. The van der Waals surface area contributed by atoms with Crippen LogP contribution in [0.25, 0.3) is 0 Å². The molecule has 0 radical (unpaired) electrons. The van der Waals surface area contributed by atoms with Crippen LogP contribution in [-0.4, -0.2) is 22.5 Å². The first-order chi connectivity index (χ1) is 4.13. The van der Waals surface area contributed by atoms with Gasteiger partial charge in [0, 0.05) is 0 Å². The quantitative estimate of drug-likeness (QED) is 0.320. The van der Waals surface area contributed by atoms with Crippen molar-refractivity contribution in [2.75, 3.05) is 0 Å². The van der Waals surface area contributed by atoms with Gasteiger partial charge >= 0.3 is 5.97 Å². The summed E-state index contributed by atoms with van der Waals surface area (Å²) in [5.41, 5.74) is 0. The van der Waals surface area contributed by atoms with Gasteiger partial charge in [-0.15, -0.1) is 0 Å². The number of aliphatic carboxylic acids is 1. The zero-order valence-electron chi connectivity index (χ0n) is 4.94. The van der Waals surface area contributed by atoms with Crippen molar-refractivity contribution in [2.45, 2.75) is 13.2 Å². The molecular formula is C5H8O4. The van der Waals surface area contributed by atoms with Gasteiger partial charge in [-0.1, -0.05) is 0 Å². The van der Waals surface area contributed by atoms with Gasteiger partial charge < -0.3 is 14.9 Å². The van der Waals surface area contributed by atoms with Crippen molar-refractivity contribution in [2.24, 2.45) is 0 Å². The predicted molar refractivity (Wildman–Crippen MR) is 29.5 cm³/mol. The zero-order valence-corrected chi connectivity index (χ0v) is 4.94. The standard InChI is InChI=1S/C5H8O4/c1-4(6)9-3-2-5(7)8/h2-4,6H,1H3,(H,7,8). The van der Waals surface area contributed by atoms with Crippen LogP contribution < -0.4 is 0 Å². The fourth-order valence-electron chi connectivity index (χ4n) is 0.211. The molecule has 0 aliphatic carbocycles. The number of carboxylic acid groups (broad SMARTS) is 1. The fraction of sp³-hybridized carbons (Fsp3) is 0.400.